The molecule has 0 aromatic heterocycles. The molecule has 8 heteroatoms. The molecule has 2 fully saturated rings. The molecule has 1 atom stereocenters. The summed E-state index contributed by atoms with van der Waals surface area (Å²) < 4.78 is 37.4. The Kier molecular flexibility index (Phi) is 8.58. The summed E-state index contributed by atoms with van der Waals surface area (Å²) in [6, 6.07) is 0.0338. The molecule has 0 spiro atoms. The first-order valence-corrected chi connectivity index (χ1v) is 8.64. The van der Waals surface area contributed by atoms with Crippen molar-refractivity contribution in [2.24, 2.45) is 10.4 Å². The Balaban J connectivity index is 0.00000288. The molecule has 2 rings (SSSR count). The van der Waals surface area contributed by atoms with Crippen LogP contribution in [0.2, 0.25) is 0 Å². The van der Waals surface area contributed by atoms with Crippen LogP contribution in [0.15, 0.2) is 4.99 Å². The molecule has 24 heavy (non-hydrogen) atoms. The van der Waals surface area contributed by atoms with E-state index in [1.807, 2.05) is 6.92 Å². The predicted octanol–water partition coefficient (Wildman–Crippen LogP) is 3.38. The Hall–Kier alpha value is -0.250. The van der Waals surface area contributed by atoms with Crippen LogP contribution in [0.1, 0.15) is 46.0 Å². The maximum absolute atomic E-state index is 12.5. The fourth-order valence-electron chi connectivity index (χ4n) is 3.52. The summed E-state index contributed by atoms with van der Waals surface area (Å²) in [6.07, 6.45) is 1.55. The third-order valence-electron chi connectivity index (χ3n) is 4.79. The molecule has 0 aromatic rings. The maximum atomic E-state index is 12.5. The second-order valence-electron chi connectivity index (χ2n) is 7.19. The van der Waals surface area contributed by atoms with E-state index in [1.54, 1.807) is 0 Å². The number of rotatable bonds is 5. The molecule has 0 amide bonds. The van der Waals surface area contributed by atoms with Crippen molar-refractivity contribution in [1.29, 1.82) is 0 Å². The minimum absolute atomic E-state index is 0. The van der Waals surface area contributed by atoms with Gasteiger partial charge >= 0.3 is 6.18 Å². The quantitative estimate of drug-likeness (QED) is 0.374. The summed E-state index contributed by atoms with van der Waals surface area (Å²) in [4.78, 5) is 6.14. The van der Waals surface area contributed by atoms with Crippen molar-refractivity contribution >= 4 is 29.9 Å². The molecule has 0 bridgehead atoms. The number of aliphatic imine (C=N–C) groups is 1. The van der Waals surface area contributed by atoms with Crippen molar-refractivity contribution in [3.8, 4) is 0 Å². The van der Waals surface area contributed by atoms with Gasteiger partial charge in [-0.05, 0) is 31.6 Å². The lowest BCUT2D eigenvalue weighted by Gasteiger charge is -2.23. The van der Waals surface area contributed by atoms with Gasteiger partial charge in [-0.3, -0.25) is 9.89 Å². The van der Waals surface area contributed by atoms with Crippen molar-refractivity contribution in [3.63, 3.8) is 0 Å². The van der Waals surface area contributed by atoms with Crippen molar-refractivity contribution in [3.05, 3.63) is 0 Å². The third-order valence-corrected chi connectivity index (χ3v) is 4.79. The van der Waals surface area contributed by atoms with Crippen LogP contribution in [0.4, 0.5) is 13.2 Å². The monoisotopic (exact) mass is 462 g/mol. The Labute approximate surface area is 160 Å². The van der Waals surface area contributed by atoms with Crippen LogP contribution in [-0.4, -0.2) is 55.8 Å². The van der Waals surface area contributed by atoms with Gasteiger partial charge in [0.2, 0.25) is 0 Å². The Morgan fingerprint density at radius 2 is 1.96 bits per heavy atom. The number of likely N-dealkylation sites (tertiary alicyclic amines) is 1. The highest BCUT2D eigenvalue weighted by Crippen LogP contribution is 2.37. The Morgan fingerprint density at radius 1 is 1.29 bits per heavy atom. The van der Waals surface area contributed by atoms with E-state index in [-0.39, 0.29) is 35.4 Å². The van der Waals surface area contributed by atoms with Gasteiger partial charge in [-0.15, -0.1) is 24.0 Å². The molecule has 1 saturated heterocycles. The number of halogens is 4. The summed E-state index contributed by atoms with van der Waals surface area (Å²) in [5.74, 6) is 0.736. The highest BCUT2D eigenvalue weighted by Gasteiger charge is 2.34. The summed E-state index contributed by atoms with van der Waals surface area (Å²) in [6.45, 7) is 5.88. The van der Waals surface area contributed by atoms with Crippen LogP contribution in [0.5, 0.6) is 0 Å². The van der Waals surface area contributed by atoms with Gasteiger partial charge in [0.25, 0.3) is 0 Å². The van der Waals surface area contributed by atoms with Crippen LogP contribution in [0, 0.1) is 5.41 Å². The van der Waals surface area contributed by atoms with E-state index in [1.165, 1.54) is 30.6 Å². The molecular weight excluding hydrogens is 432 g/mol. The second-order valence-corrected chi connectivity index (χ2v) is 7.19. The van der Waals surface area contributed by atoms with E-state index >= 15 is 0 Å². The first-order chi connectivity index (χ1) is 10.8. The van der Waals surface area contributed by atoms with Crippen LogP contribution >= 0.6 is 24.0 Å². The van der Waals surface area contributed by atoms with E-state index < -0.39 is 12.7 Å². The molecule has 4 nitrogen and oxygen atoms in total. The number of hydrogen-bond donors (Lipinski definition) is 2. The molecule has 2 aliphatic rings. The summed E-state index contributed by atoms with van der Waals surface area (Å²) in [5.41, 5.74) is 0.278. The van der Waals surface area contributed by atoms with Gasteiger partial charge < -0.3 is 10.6 Å². The Morgan fingerprint density at radius 3 is 2.54 bits per heavy atom. The number of nitrogens with zero attached hydrogens (tertiary/aromatic N) is 2. The van der Waals surface area contributed by atoms with Crippen molar-refractivity contribution < 1.29 is 13.2 Å². The first kappa shape index (κ1) is 21.8. The molecule has 1 unspecified atom stereocenters. The molecule has 2 N–H and O–H groups in total. The second kappa shape index (κ2) is 9.45. The molecule has 0 radical (unpaired) electrons. The van der Waals surface area contributed by atoms with Gasteiger partial charge in [0.05, 0.1) is 6.54 Å². The number of alkyl halides is 3. The van der Waals surface area contributed by atoms with Gasteiger partial charge in [-0.25, -0.2) is 0 Å². The molecule has 1 aliphatic heterocycles. The molecular formula is C16H30F3IN4. The van der Waals surface area contributed by atoms with E-state index in [0.717, 1.165) is 25.5 Å². The minimum Gasteiger partial charge on any atom is -0.357 e. The molecule has 1 heterocycles. The van der Waals surface area contributed by atoms with Gasteiger partial charge in [-0.1, -0.05) is 19.8 Å². The lowest BCUT2D eigenvalue weighted by molar-refractivity contribution is -0.143. The predicted molar refractivity (Wildman–Crippen MR) is 102 cm³/mol. The van der Waals surface area contributed by atoms with Crippen LogP contribution in [0.25, 0.3) is 0 Å². The third kappa shape index (κ3) is 7.33. The average Bonchev–Trinajstić information content (AvgIpc) is 3.05. The lowest BCUT2D eigenvalue weighted by Crippen LogP contribution is -2.45. The van der Waals surface area contributed by atoms with E-state index in [2.05, 4.69) is 22.5 Å². The molecule has 1 aliphatic carbocycles. The highest BCUT2D eigenvalue weighted by molar-refractivity contribution is 14.0. The fourth-order valence-corrected chi connectivity index (χ4v) is 3.52. The number of guanidine groups is 1. The van der Waals surface area contributed by atoms with Crippen LogP contribution in [0.3, 0.4) is 0 Å². The van der Waals surface area contributed by atoms with E-state index in [0.29, 0.717) is 13.1 Å². The summed E-state index contributed by atoms with van der Waals surface area (Å²) >= 11 is 0. The molecule has 142 valence electrons. The molecule has 0 aromatic carbocycles. The average molecular weight is 462 g/mol. The van der Waals surface area contributed by atoms with Crippen molar-refractivity contribution in [1.82, 2.24) is 15.5 Å². The lowest BCUT2D eigenvalue weighted by atomic mass is 9.89. The van der Waals surface area contributed by atoms with Crippen molar-refractivity contribution in [2.75, 3.05) is 32.7 Å². The topological polar surface area (TPSA) is 39.7 Å². The van der Waals surface area contributed by atoms with Crippen LogP contribution < -0.4 is 10.6 Å². The maximum Gasteiger partial charge on any atom is 0.401 e. The highest BCUT2D eigenvalue weighted by atomic mass is 127. The van der Waals surface area contributed by atoms with Gasteiger partial charge in [0.1, 0.15) is 0 Å². The molecule has 1 saturated carbocycles. The zero-order valence-corrected chi connectivity index (χ0v) is 16.9. The van der Waals surface area contributed by atoms with Gasteiger partial charge in [-0.2, -0.15) is 13.2 Å². The normalized spacial score (nSPS) is 24.7. The zero-order chi connectivity index (χ0) is 16.9. The fraction of sp³-hybridized carbons (Fsp3) is 0.938. The summed E-state index contributed by atoms with van der Waals surface area (Å²) in [7, 11) is 0. The minimum atomic E-state index is -4.12. The van der Waals surface area contributed by atoms with Gasteiger partial charge in [0.15, 0.2) is 5.96 Å². The SMILES string of the molecule is CCNC(=NCC1(C)CCCC1)NC1CCN(CC(F)(F)F)C1.I. The van der Waals surface area contributed by atoms with E-state index in [9.17, 15) is 13.2 Å². The van der Waals surface area contributed by atoms with Crippen LogP contribution in [-0.2, 0) is 0 Å². The first-order valence-electron chi connectivity index (χ1n) is 8.64. The number of hydrogen-bond acceptors (Lipinski definition) is 2. The zero-order valence-electron chi connectivity index (χ0n) is 14.6. The Bertz CT molecular complexity index is 409. The largest absolute Gasteiger partial charge is 0.401 e. The standard InChI is InChI=1S/C16H29F3N4.HI/c1-3-20-14(21-11-15(2)7-4-5-8-15)22-13-6-9-23(10-13)12-16(17,18)19;/h13H,3-12H2,1-2H3,(H2,20,21,22);1H. The smallest absolute Gasteiger partial charge is 0.357 e. The van der Waals surface area contributed by atoms with Crippen molar-refractivity contribution in [2.45, 2.75) is 58.2 Å². The van der Waals surface area contributed by atoms with Gasteiger partial charge in [0, 0.05) is 32.2 Å². The number of nitrogens with one attached hydrogen (secondary N) is 2. The van der Waals surface area contributed by atoms with E-state index in [4.69, 9.17) is 0 Å². The summed E-state index contributed by atoms with van der Waals surface area (Å²) in [5, 5.41) is 6.52.